The number of fused-ring (bicyclic) bond motifs is 1. The molecule has 3 rings (SSSR count). The minimum absolute atomic E-state index is 0.0117. The van der Waals surface area contributed by atoms with Gasteiger partial charge in [-0.1, -0.05) is 35.9 Å². The fourth-order valence-electron chi connectivity index (χ4n) is 3.70. The number of aryl methyl sites for hydroxylation is 1. The van der Waals surface area contributed by atoms with E-state index in [4.69, 9.17) is 11.6 Å². The van der Waals surface area contributed by atoms with Gasteiger partial charge in [0.25, 0.3) is 11.8 Å². The number of hydrogen-bond acceptors (Lipinski definition) is 4. The van der Waals surface area contributed by atoms with Crippen LogP contribution in [0.2, 0.25) is 5.02 Å². The highest BCUT2D eigenvalue weighted by atomic mass is 35.5. The van der Waals surface area contributed by atoms with Gasteiger partial charge in [-0.15, -0.1) is 0 Å². The molecule has 0 fully saturated rings. The number of nitrogens with zero attached hydrogens (tertiary/aromatic N) is 2. The van der Waals surface area contributed by atoms with Gasteiger partial charge in [0.1, 0.15) is 5.82 Å². The van der Waals surface area contributed by atoms with Gasteiger partial charge in [-0.05, 0) is 43.0 Å². The Morgan fingerprint density at radius 3 is 2.39 bits per heavy atom. The van der Waals surface area contributed by atoms with Crippen LogP contribution in [-0.2, 0) is 11.2 Å². The first-order valence-corrected chi connectivity index (χ1v) is 10.5. The number of rotatable bonds is 9. The Balaban J connectivity index is 1.51. The van der Waals surface area contributed by atoms with Gasteiger partial charge < -0.3 is 10.0 Å². The number of aliphatic hydroxyl groups excluding tert-OH is 1. The minimum Gasteiger partial charge on any atom is -0.394 e. The van der Waals surface area contributed by atoms with Crippen LogP contribution in [0.1, 0.15) is 45.5 Å². The maximum atomic E-state index is 13.5. The second-order valence-corrected chi connectivity index (χ2v) is 7.88. The third kappa shape index (κ3) is 4.94. The Hall–Kier alpha value is -2.77. The summed E-state index contributed by atoms with van der Waals surface area (Å²) in [5.41, 5.74) is 1.35. The van der Waals surface area contributed by atoms with Crippen LogP contribution in [0.5, 0.6) is 0 Å². The van der Waals surface area contributed by atoms with Gasteiger partial charge in [0, 0.05) is 20.0 Å². The highest BCUT2D eigenvalue weighted by Crippen LogP contribution is 2.24. The molecule has 0 bridgehead atoms. The summed E-state index contributed by atoms with van der Waals surface area (Å²) in [6, 6.07) is 10.7. The number of hydrogen-bond donors (Lipinski definition) is 1. The first-order valence-electron chi connectivity index (χ1n) is 10.1. The summed E-state index contributed by atoms with van der Waals surface area (Å²) < 4.78 is 13.5. The van der Waals surface area contributed by atoms with Crippen LogP contribution in [0.15, 0.2) is 42.5 Å². The molecule has 0 saturated carbocycles. The zero-order valence-corrected chi connectivity index (χ0v) is 17.9. The second kappa shape index (κ2) is 10.0. The van der Waals surface area contributed by atoms with E-state index < -0.39 is 11.9 Å². The lowest BCUT2D eigenvalue weighted by Gasteiger charge is -2.27. The third-order valence-corrected chi connectivity index (χ3v) is 6.01. The molecule has 1 aliphatic heterocycles. The average molecular weight is 447 g/mol. The minimum atomic E-state index is -0.527. The van der Waals surface area contributed by atoms with Gasteiger partial charge in [0.05, 0.1) is 28.8 Å². The number of amides is 3. The molecule has 0 saturated heterocycles. The summed E-state index contributed by atoms with van der Waals surface area (Å²) in [5, 5.41) is 9.75. The number of aliphatic hydroxyl groups is 1. The molecule has 1 aliphatic rings. The van der Waals surface area contributed by atoms with E-state index in [1.165, 1.54) is 15.9 Å². The zero-order chi connectivity index (χ0) is 22.5. The van der Waals surface area contributed by atoms with Crippen LogP contribution in [0.3, 0.4) is 0 Å². The first-order chi connectivity index (χ1) is 14.8. The summed E-state index contributed by atoms with van der Waals surface area (Å²) in [5.74, 6) is -1.38. The molecule has 1 atom stereocenters. The smallest absolute Gasteiger partial charge is 0.261 e. The maximum Gasteiger partial charge on any atom is 0.261 e. The lowest BCUT2D eigenvalue weighted by atomic mass is 10.1. The summed E-state index contributed by atoms with van der Waals surface area (Å²) in [6.07, 6.45) is 1.28. The SMILES string of the molecule is CN(C(=O)CCc1cccc(F)c1Cl)[C@H](CO)CCCN1C(=O)c2ccccc2C1=O. The van der Waals surface area contributed by atoms with Gasteiger partial charge in [0.15, 0.2) is 0 Å². The number of benzene rings is 2. The lowest BCUT2D eigenvalue weighted by Crippen LogP contribution is -2.40. The van der Waals surface area contributed by atoms with Gasteiger partial charge in [-0.2, -0.15) is 0 Å². The predicted octanol–water partition coefficient (Wildman–Crippen LogP) is 3.31. The van der Waals surface area contributed by atoms with E-state index in [0.29, 0.717) is 29.5 Å². The van der Waals surface area contributed by atoms with Crippen LogP contribution in [0.25, 0.3) is 0 Å². The van der Waals surface area contributed by atoms with Crippen molar-refractivity contribution in [2.24, 2.45) is 0 Å². The largest absolute Gasteiger partial charge is 0.394 e. The predicted molar refractivity (Wildman–Crippen MR) is 114 cm³/mol. The molecule has 0 radical (unpaired) electrons. The Morgan fingerprint density at radius 2 is 1.77 bits per heavy atom. The molecule has 3 amide bonds. The molecule has 2 aromatic rings. The van der Waals surface area contributed by atoms with Crippen molar-refractivity contribution in [3.63, 3.8) is 0 Å². The van der Waals surface area contributed by atoms with Gasteiger partial charge in [0.2, 0.25) is 5.91 Å². The standard InChI is InChI=1S/C23H24ClFN2O4/c1-26(20(29)12-11-15-6-4-10-19(25)21(15)24)16(14-28)7-5-13-27-22(30)17-8-2-3-9-18(17)23(27)31/h2-4,6,8-10,16,28H,5,7,11-14H2,1H3/t16-/m0/s1. The molecule has 6 nitrogen and oxygen atoms in total. The summed E-state index contributed by atoms with van der Waals surface area (Å²) >= 11 is 5.93. The molecule has 0 spiro atoms. The zero-order valence-electron chi connectivity index (χ0n) is 17.2. The van der Waals surface area contributed by atoms with E-state index >= 15 is 0 Å². The van der Waals surface area contributed by atoms with Crippen LogP contribution < -0.4 is 0 Å². The molecule has 1 N–H and O–H groups in total. The number of likely N-dealkylation sites (N-methyl/N-ethyl adjacent to an activating group) is 1. The van der Waals surface area contributed by atoms with Crippen molar-refractivity contribution < 1.29 is 23.9 Å². The monoisotopic (exact) mass is 446 g/mol. The van der Waals surface area contributed by atoms with Crippen molar-refractivity contribution in [1.82, 2.24) is 9.80 Å². The van der Waals surface area contributed by atoms with Crippen LogP contribution >= 0.6 is 11.6 Å². The fourth-order valence-corrected chi connectivity index (χ4v) is 3.92. The van der Waals surface area contributed by atoms with Gasteiger partial charge in [-0.25, -0.2) is 4.39 Å². The van der Waals surface area contributed by atoms with Crippen molar-refractivity contribution in [2.75, 3.05) is 20.2 Å². The maximum absolute atomic E-state index is 13.5. The van der Waals surface area contributed by atoms with Crippen molar-refractivity contribution in [3.05, 3.63) is 70.0 Å². The van der Waals surface area contributed by atoms with Crippen molar-refractivity contribution >= 4 is 29.3 Å². The number of halogens is 2. The first kappa shape index (κ1) is 22.9. The van der Waals surface area contributed by atoms with E-state index in [1.807, 2.05) is 0 Å². The Morgan fingerprint density at radius 1 is 1.13 bits per heavy atom. The third-order valence-electron chi connectivity index (χ3n) is 5.59. The number of imide groups is 1. The van der Waals surface area contributed by atoms with Crippen LogP contribution in [-0.4, -0.2) is 58.9 Å². The molecule has 0 unspecified atom stereocenters. The van der Waals surface area contributed by atoms with E-state index in [9.17, 15) is 23.9 Å². The number of carbonyl (C=O) groups is 3. The van der Waals surface area contributed by atoms with Gasteiger partial charge >= 0.3 is 0 Å². The summed E-state index contributed by atoms with van der Waals surface area (Å²) in [4.78, 5) is 40.0. The van der Waals surface area contributed by atoms with Gasteiger partial charge in [-0.3, -0.25) is 19.3 Å². The Labute approximate surface area is 185 Å². The molecule has 1 heterocycles. The van der Waals surface area contributed by atoms with E-state index in [0.717, 1.165) is 0 Å². The van der Waals surface area contributed by atoms with Crippen LogP contribution in [0, 0.1) is 5.82 Å². The molecule has 8 heteroatoms. The second-order valence-electron chi connectivity index (χ2n) is 7.50. The number of carbonyl (C=O) groups excluding carboxylic acids is 3. The molecule has 0 aliphatic carbocycles. The molecular formula is C23H24ClFN2O4. The van der Waals surface area contributed by atoms with E-state index in [1.54, 1.807) is 43.4 Å². The van der Waals surface area contributed by atoms with E-state index in [-0.39, 0.29) is 48.7 Å². The molecular weight excluding hydrogens is 423 g/mol. The van der Waals surface area contributed by atoms with E-state index in [2.05, 4.69) is 0 Å². The topological polar surface area (TPSA) is 77.9 Å². The van der Waals surface area contributed by atoms with Crippen molar-refractivity contribution in [3.8, 4) is 0 Å². The summed E-state index contributed by atoms with van der Waals surface area (Å²) in [7, 11) is 1.60. The van der Waals surface area contributed by atoms with Crippen molar-refractivity contribution in [2.45, 2.75) is 31.7 Å². The Bertz CT molecular complexity index is 962. The summed E-state index contributed by atoms with van der Waals surface area (Å²) in [6.45, 7) is -0.0329. The van der Waals surface area contributed by atoms with Crippen LogP contribution in [0.4, 0.5) is 4.39 Å². The molecule has 31 heavy (non-hydrogen) atoms. The highest BCUT2D eigenvalue weighted by Gasteiger charge is 2.34. The Kier molecular flexibility index (Phi) is 7.41. The van der Waals surface area contributed by atoms with Crippen molar-refractivity contribution in [1.29, 1.82) is 0 Å². The average Bonchev–Trinajstić information content (AvgIpc) is 3.02. The quantitative estimate of drug-likeness (QED) is 0.599. The highest BCUT2D eigenvalue weighted by molar-refractivity contribution is 6.31. The molecule has 2 aromatic carbocycles. The molecule has 0 aromatic heterocycles. The normalized spacial score (nSPS) is 14.0. The lowest BCUT2D eigenvalue weighted by molar-refractivity contribution is -0.132. The fraction of sp³-hybridized carbons (Fsp3) is 0.348. The molecule has 164 valence electrons.